The van der Waals surface area contributed by atoms with E-state index in [1.165, 1.54) is 0 Å². The predicted octanol–water partition coefficient (Wildman–Crippen LogP) is -2.44. The van der Waals surface area contributed by atoms with Gasteiger partial charge in [0.15, 0.2) is 0 Å². The lowest BCUT2D eigenvalue weighted by Crippen LogP contribution is -2.48. The number of hydrogen-bond acceptors (Lipinski definition) is 7. The molecule has 0 rings (SSSR count). The van der Waals surface area contributed by atoms with Crippen molar-refractivity contribution in [2.75, 3.05) is 26.4 Å². The van der Waals surface area contributed by atoms with Crippen molar-refractivity contribution in [1.82, 2.24) is 0 Å². The fourth-order valence-corrected chi connectivity index (χ4v) is 0.766. The lowest BCUT2D eigenvalue weighted by Gasteiger charge is -2.29. The van der Waals surface area contributed by atoms with Gasteiger partial charge in [-0.25, -0.2) is 0 Å². The molecule has 7 heteroatoms. The summed E-state index contributed by atoms with van der Waals surface area (Å²) in [6, 6.07) is 0. The van der Waals surface area contributed by atoms with Crippen LogP contribution in [0.1, 0.15) is 6.42 Å². The number of hydrogen-bond donors (Lipinski definition) is 5. The molecule has 0 spiro atoms. The Kier molecular flexibility index (Phi) is 7.77. The fourth-order valence-electron chi connectivity index (χ4n) is 0.766. The minimum Gasteiger partial charge on any atom is -0.394 e. The van der Waals surface area contributed by atoms with E-state index in [4.69, 9.17) is 35.6 Å². The smallest absolute Gasteiger partial charge is 0.224 e. The minimum atomic E-state index is -1.55. The fraction of sp³-hybridized carbons (Fsp3) is 0.889. The maximum atomic E-state index is 9.04. The average molecular weight is 238 g/mol. The molecule has 0 bridgehead atoms. The Balaban J connectivity index is 3.99. The van der Waals surface area contributed by atoms with Gasteiger partial charge in [0.05, 0.1) is 26.4 Å². The van der Waals surface area contributed by atoms with Gasteiger partial charge in [-0.3, -0.25) is 5.73 Å². The van der Waals surface area contributed by atoms with E-state index in [1.807, 2.05) is 0 Å². The van der Waals surface area contributed by atoms with Crippen LogP contribution in [0, 0.1) is 6.92 Å². The number of aliphatic hydroxyl groups is 4. The van der Waals surface area contributed by atoms with Crippen LogP contribution in [0.5, 0.6) is 0 Å². The maximum absolute atomic E-state index is 9.04. The largest absolute Gasteiger partial charge is 0.394 e. The van der Waals surface area contributed by atoms with Gasteiger partial charge in [0.1, 0.15) is 12.2 Å². The van der Waals surface area contributed by atoms with Crippen LogP contribution in [-0.4, -0.2) is 65.0 Å². The van der Waals surface area contributed by atoms with Crippen molar-refractivity contribution in [3.63, 3.8) is 0 Å². The topological polar surface area (TPSA) is 125 Å². The van der Waals surface area contributed by atoms with E-state index in [9.17, 15) is 0 Å². The first-order chi connectivity index (χ1) is 7.47. The molecule has 0 aromatic heterocycles. The van der Waals surface area contributed by atoms with Crippen LogP contribution in [0.2, 0.25) is 0 Å². The molecule has 6 N–H and O–H groups in total. The van der Waals surface area contributed by atoms with Crippen LogP contribution in [0.25, 0.3) is 0 Å². The third-order valence-corrected chi connectivity index (χ3v) is 1.81. The van der Waals surface area contributed by atoms with Gasteiger partial charge in [0.2, 0.25) is 5.91 Å². The quantitative estimate of drug-likeness (QED) is 0.283. The van der Waals surface area contributed by atoms with Crippen LogP contribution in [0.4, 0.5) is 0 Å². The van der Waals surface area contributed by atoms with Crippen LogP contribution in [0.15, 0.2) is 0 Å². The van der Waals surface area contributed by atoms with Crippen LogP contribution in [0.3, 0.4) is 0 Å². The van der Waals surface area contributed by atoms with E-state index in [1.54, 1.807) is 0 Å². The van der Waals surface area contributed by atoms with Crippen molar-refractivity contribution in [3.05, 3.63) is 6.92 Å². The number of rotatable bonds is 9. The molecule has 0 amide bonds. The molecule has 0 aliphatic heterocycles. The second-order valence-corrected chi connectivity index (χ2v) is 3.36. The molecule has 2 atom stereocenters. The first-order valence-electron chi connectivity index (χ1n) is 4.91. The Bertz CT molecular complexity index is 165. The normalized spacial score (nSPS) is 19.1. The first kappa shape index (κ1) is 15.7. The van der Waals surface area contributed by atoms with Gasteiger partial charge < -0.3 is 29.9 Å². The van der Waals surface area contributed by atoms with Crippen LogP contribution in [-0.2, 0) is 9.47 Å². The average Bonchev–Trinajstić information content (AvgIpc) is 2.32. The second-order valence-electron chi connectivity index (χ2n) is 3.36. The van der Waals surface area contributed by atoms with E-state index in [0.29, 0.717) is 0 Å². The summed E-state index contributed by atoms with van der Waals surface area (Å²) < 4.78 is 10.0. The molecular weight excluding hydrogens is 218 g/mol. The summed E-state index contributed by atoms with van der Waals surface area (Å²) in [7, 11) is 0. The van der Waals surface area contributed by atoms with Crippen molar-refractivity contribution in [2.24, 2.45) is 5.73 Å². The van der Waals surface area contributed by atoms with E-state index in [-0.39, 0.29) is 19.6 Å². The highest BCUT2D eigenvalue weighted by Gasteiger charge is 2.26. The van der Waals surface area contributed by atoms with Gasteiger partial charge in [-0.05, 0) is 6.92 Å². The Hall–Kier alpha value is -0.280. The lowest BCUT2D eigenvalue weighted by atomic mass is 10.3. The highest BCUT2D eigenvalue weighted by Crippen LogP contribution is 2.11. The summed E-state index contributed by atoms with van der Waals surface area (Å²) in [5.74, 6) is -1.55. The zero-order chi connectivity index (χ0) is 12.6. The van der Waals surface area contributed by atoms with E-state index < -0.39 is 31.3 Å². The number of ether oxygens (including phenoxy) is 2. The molecule has 16 heavy (non-hydrogen) atoms. The maximum Gasteiger partial charge on any atom is 0.224 e. The zero-order valence-electron chi connectivity index (χ0n) is 9.08. The molecule has 0 aromatic rings. The van der Waals surface area contributed by atoms with Gasteiger partial charge in [0, 0.05) is 6.42 Å². The number of nitrogens with two attached hydrogens (primary N) is 1. The summed E-state index contributed by atoms with van der Waals surface area (Å²) >= 11 is 0. The molecule has 0 saturated heterocycles. The minimum absolute atomic E-state index is 0.0449. The summed E-state index contributed by atoms with van der Waals surface area (Å²) in [6.07, 6.45) is -2.06. The molecule has 97 valence electrons. The summed E-state index contributed by atoms with van der Waals surface area (Å²) in [4.78, 5) is 0. The van der Waals surface area contributed by atoms with Gasteiger partial charge in [0.25, 0.3) is 0 Å². The third kappa shape index (κ3) is 6.33. The van der Waals surface area contributed by atoms with Crippen molar-refractivity contribution in [2.45, 2.75) is 24.5 Å². The first-order valence-corrected chi connectivity index (χ1v) is 4.91. The predicted molar refractivity (Wildman–Crippen MR) is 55.0 cm³/mol. The van der Waals surface area contributed by atoms with Crippen molar-refractivity contribution < 1.29 is 29.9 Å². The molecular formula is C9H20NO6. The Morgan fingerprint density at radius 1 is 1.06 bits per heavy atom. The molecule has 0 heterocycles. The zero-order valence-corrected chi connectivity index (χ0v) is 9.08. The van der Waals surface area contributed by atoms with Crippen LogP contribution < -0.4 is 5.73 Å². The molecule has 0 saturated carbocycles. The van der Waals surface area contributed by atoms with E-state index in [2.05, 4.69) is 6.92 Å². The standard InChI is InChI=1S/C9H20NO6/c1-2-9(10,15-5-7(13)3-11)16-6-8(14)4-12/h7-8,11-14H,1-6,10H2. The molecule has 0 aliphatic carbocycles. The highest BCUT2D eigenvalue weighted by atomic mass is 16.7. The molecule has 7 nitrogen and oxygen atoms in total. The Morgan fingerprint density at radius 2 is 1.44 bits per heavy atom. The highest BCUT2D eigenvalue weighted by molar-refractivity contribution is 4.66. The van der Waals surface area contributed by atoms with E-state index in [0.717, 1.165) is 0 Å². The van der Waals surface area contributed by atoms with Gasteiger partial charge in [-0.2, -0.15) is 0 Å². The number of aliphatic hydroxyl groups excluding tert-OH is 4. The van der Waals surface area contributed by atoms with E-state index >= 15 is 0 Å². The third-order valence-electron chi connectivity index (χ3n) is 1.81. The van der Waals surface area contributed by atoms with Crippen molar-refractivity contribution in [1.29, 1.82) is 0 Å². The molecule has 0 aliphatic rings. The molecule has 2 unspecified atom stereocenters. The van der Waals surface area contributed by atoms with Gasteiger partial charge >= 0.3 is 0 Å². The molecule has 1 radical (unpaired) electrons. The molecule has 0 fully saturated rings. The van der Waals surface area contributed by atoms with Gasteiger partial charge in [-0.15, -0.1) is 0 Å². The summed E-state index contributed by atoms with van der Waals surface area (Å²) in [5.41, 5.74) is 5.61. The summed E-state index contributed by atoms with van der Waals surface area (Å²) in [5, 5.41) is 35.2. The monoisotopic (exact) mass is 238 g/mol. The lowest BCUT2D eigenvalue weighted by molar-refractivity contribution is -0.252. The Labute approximate surface area is 94.4 Å². The summed E-state index contributed by atoms with van der Waals surface area (Å²) in [6.45, 7) is 2.18. The van der Waals surface area contributed by atoms with Gasteiger partial charge in [-0.1, -0.05) is 0 Å². The second kappa shape index (κ2) is 7.91. The van der Waals surface area contributed by atoms with Crippen LogP contribution >= 0.6 is 0 Å². The van der Waals surface area contributed by atoms with Crippen molar-refractivity contribution in [3.8, 4) is 0 Å². The van der Waals surface area contributed by atoms with Crippen molar-refractivity contribution >= 4 is 0 Å². The Morgan fingerprint density at radius 3 is 1.69 bits per heavy atom. The molecule has 0 aromatic carbocycles. The SMILES string of the molecule is [CH2]CC(N)(OCC(O)CO)OCC(O)CO.